The zero-order valence-corrected chi connectivity index (χ0v) is 26.2. The van der Waals surface area contributed by atoms with Crippen LogP contribution in [0.15, 0.2) is 0 Å². The van der Waals surface area contributed by atoms with Crippen molar-refractivity contribution >= 4 is 11.8 Å². The molecule has 9 atom stereocenters. The minimum atomic E-state index is -0.986. The third-order valence-corrected chi connectivity index (χ3v) is 9.65. The topological polar surface area (TPSA) is 86.6 Å². The van der Waals surface area contributed by atoms with Crippen LogP contribution in [0.5, 0.6) is 0 Å². The number of rotatable bonds is 18. The van der Waals surface area contributed by atoms with Crippen LogP contribution in [-0.2, 0) is 23.7 Å². The van der Waals surface area contributed by atoms with Crippen LogP contribution < -0.4 is 0 Å². The predicted molar refractivity (Wildman–Crippen MR) is 157 cm³/mol. The monoisotopic (exact) mass is 574 g/mol. The molecule has 0 amide bonds. The predicted octanol–water partition coefficient (Wildman–Crippen LogP) is 6.57. The summed E-state index contributed by atoms with van der Waals surface area (Å²) in [4.78, 5) is 0. The van der Waals surface area contributed by atoms with Crippen LogP contribution in [0.2, 0.25) is 0 Å². The molecule has 7 nitrogen and oxygen atoms in total. The molecule has 2 N–H and O–H groups in total. The van der Waals surface area contributed by atoms with Gasteiger partial charge in [0.25, 0.3) is 0 Å². The second-order valence-corrected chi connectivity index (χ2v) is 13.7. The van der Waals surface area contributed by atoms with Crippen molar-refractivity contribution in [3.8, 4) is 0 Å². The summed E-state index contributed by atoms with van der Waals surface area (Å²) in [5.41, 5.74) is -0.497. The van der Waals surface area contributed by atoms with Gasteiger partial charge in [0.2, 0.25) is 0 Å². The molecule has 3 aliphatic heterocycles. The van der Waals surface area contributed by atoms with Gasteiger partial charge in [-0.2, -0.15) is 0 Å². The second kappa shape index (κ2) is 17.3. The molecule has 4 unspecified atom stereocenters. The maximum absolute atomic E-state index is 10.6. The third kappa shape index (κ3) is 11.0. The van der Waals surface area contributed by atoms with Crippen molar-refractivity contribution in [1.29, 1.82) is 0 Å². The molecule has 8 heteroatoms. The Bertz CT molecular complexity index is 663. The zero-order valence-electron chi connectivity index (χ0n) is 25.4. The minimum absolute atomic E-state index is 0.0714. The summed E-state index contributed by atoms with van der Waals surface area (Å²) in [5.74, 6) is 0.576. The third-order valence-electron chi connectivity index (χ3n) is 8.46. The van der Waals surface area contributed by atoms with Gasteiger partial charge in [0.1, 0.15) is 29.9 Å². The average molecular weight is 575 g/mol. The molecule has 0 saturated carbocycles. The van der Waals surface area contributed by atoms with Gasteiger partial charge in [0.15, 0.2) is 12.1 Å². The molecule has 0 aromatic carbocycles. The van der Waals surface area contributed by atoms with Crippen molar-refractivity contribution in [1.82, 2.24) is 0 Å². The molecule has 3 fully saturated rings. The Morgan fingerprint density at radius 1 is 0.846 bits per heavy atom. The van der Waals surface area contributed by atoms with Crippen LogP contribution >= 0.6 is 11.8 Å². The van der Waals surface area contributed by atoms with Crippen LogP contribution in [0, 0.1) is 5.92 Å². The van der Waals surface area contributed by atoms with E-state index in [1.54, 1.807) is 18.7 Å². The second-order valence-electron chi connectivity index (χ2n) is 12.5. The number of aliphatic hydroxyl groups is 2. The first-order chi connectivity index (χ1) is 18.7. The molecular weight excluding hydrogens is 516 g/mol. The van der Waals surface area contributed by atoms with E-state index < -0.39 is 35.8 Å². The zero-order chi connectivity index (χ0) is 28.3. The van der Waals surface area contributed by atoms with E-state index >= 15 is 0 Å². The largest absolute Gasteiger partial charge is 0.387 e. The van der Waals surface area contributed by atoms with Crippen LogP contribution in [0.25, 0.3) is 0 Å². The van der Waals surface area contributed by atoms with Gasteiger partial charge in [0, 0.05) is 0 Å². The Morgan fingerprint density at radius 3 is 2.10 bits per heavy atom. The van der Waals surface area contributed by atoms with Crippen molar-refractivity contribution in [3.05, 3.63) is 0 Å². The number of ether oxygens (including phenoxy) is 5. The molecule has 39 heavy (non-hydrogen) atoms. The van der Waals surface area contributed by atoms with E-state index in [1.807, 2.05) is 13.8 Å². The van der Waals surface area contributed by atoms with Gasteiger partial charge in [-0.15, -0.1) is 11.8 Å². The van der Waals surface area contributed by atoms with Crippen molar-refractivity contribution in [2.75, 3.05) is 12.4 Å². The number of hydrogen-bond donors (Lipinski definition) is 2. The average Bonchev–Trinajstić information content (AvgIpc) is 3.22. The van der Waals surface area contributed by atoms with Gasteiger partial charge in [-0.05, 0) is 45.3 Å². The van der Waals surface area contributed by atoms with Crippen molar-refractivity contribution in [3.63, 3.8) is 0 Å². The summed E-state index contributed by atoms with van der Waals surface area (Å²) in [6.45, 7) is 10.7. The van der Waals surface area contributed by atoms with Crippen molar-refractivity contribution < 1.29 is 33.9 Å². The molecule has 0 bridgehead atoms. The van der Waals surface area contributed by atoms with Crippen LogP contribution in [0.4, 0.5) is 0 Å². The van der Waals surface area contributed by atoms with Gasteiger partial charge >= 0.3 is 0 Å². The molecular formula is C31H58O7S. The Kier molecular flexibility index (Phi) is 14.8. The molecule has 230 valence electrons. The standard InChI is InChI=1S/C31H58O7S/c1-6-7-8-9-10-11-12-13-14-15-16-17-18-24-28(38-31(4,5)37-24)22(2)19-20-39-30-27(33)26(32)29-25(36-30)21-34-23(3)35-29/h22-30,32-33H,6-21H2,1-5H3/t22-,23?,24?,25?,26?,27-,28-,29-,30-/m0/s1. The molecule has 0 aromatic rings. The number of thioether (sulfide) groups is 1. The first-order valence-corrected chi connectivity index (χ1v) is 17.0. The summed E-state index contributed by atoms with van der Waals surface area (Å²) < 4.78 is 29.9. The molecule has 0 aromatic heterocycles. The van der Waals surface area contributed by atoms with E-state index in [0.29, 0.717) is 12.5 Å². The lowest BCUT2D eigenvalue weighted by molar-refractivity contribution is -0.310. The highest BCUT2D eigenvalue weighted by Gasteiger charge is 2.48. The highest BCUT2D eigenvalue weighted by atomic mass is 32.2. The normalized spacial score (nSPS) is 35.2. The van der Waals surface area contributed by atoms with E-state index in [1.165, 1.54) is 77.0 Å². The summed E-state index contributed by atoms with van der Waals surface area (Å²) in [6, 6.07) is 0. The lowest BCUT2D eigenvalue weighted by Crippen LogP contribution is -2.61. The summed E-state index contributed by atoms with van der Waals surface area (Å²) in [6.07, 6.45) is 15.1. The molecule has 3 aliphatic rings. The highest BCUT2D eigenvalue weighted by molar-refractivity contribution is 7.99. The maximum atomic E-state index is 10.6. The number of aliphatic hydroxyl groups excluding tert-OH is 2. The van der Waals surface area contributed by atoms with E-state index in [4.69, 9.17) is 23.7 Å². The Morgan fingerprint density at radius 2 is 1.46 bits per heavy atom. The fraction of sp³-hybridized carbons (Fsp3) is 1.00. The van der Waals surface area contributed by atoms with Gasteiger partial charge < -0.3 is 33.9 Å². The van der Waals surface area contributed by atoms with E-state index in [-0.39, 0.29) is 18.3 Å². The Hall–Kier alpha value is 0.0700. The summed E-state index contributed by atoms with van der Waals surface area (Å²) >= 11 is 1.55. The summed E-state index contributed by atoms with van der Waals surface area (Å²) in [7, 11) is 0. The number of fused-ring (bicyclic) bond motifs is 1. The minimum Gasteiger partial charge on any atom is -0.387 e. The summed E-state index contributed by atoms with van der Waals surface area (Å²) in [5, 5.41) is 21.2. The van der Waals surface area contributed by atoms with Gasteiger partial charge in [-0.25, -0.2) is 0 Å². The van der Waals surface area contributed by atoms with Crippen LogP contribution in [0.1, 0.15) is 125 Å². The Balaban J connectivity index is 1.31. The smallest absolute Gasteiger partial charge is 0.163 e. The van der Waals surface area contributed by atoms with E-state index in [2.05, 4.69) is 13.8 Å². The van der Waals surface area contributed by atoms with Crippen LogP contribution in [0.3, 0.4) is 0 Å². The van der Waals surface area contributed by atoms with E-state index in [0.717, 1.165) is 18.6 Å². The molecule has 3 heterocycles. The number of hydrogen-bond acceptors (Lipinski definition) is 8. The maximum Gasteiger partial charge on any atom is 0.163 e. The lowest BCUT2D eigenvalue weighted by atomic mass is 9.94. The molecule has 0 spiro atoms. The fourth-order valence-electron chi connectivity index (χ4n) is 6.13. The van der Waals surface area contributed by atoms with Crippen LogP contribution in [-0.4, -0.2) is 76.7 Å². The quantitative estimate of drug-likeness (QED) is 0.178. The number of unbranched alkanes of at least 4 members (excludes halogenated alkanes) is 11. The van der Waals surface area contributed by atoms with Gasteiger partial charge in [-0.1, -0.05) is 90.9 Å². The molecule has 0 aliphatic carbocycles. The van der Waals surface area contributed by atoms with Gasteiger partial charge in [-0.3, -0.25) is 0 Å². The van der Waals surface area contributed by atoms with Crippen molar-refractivity contribution in [2.24, 2.45) is 5.92 Å². The highest BCUT2D eigenvalue weighted by Crippen LogP contribution is 2.38. The molecule has 0 radical (unpaired) electrons. The first kappa shape index (κ1) is 33.6. The molecule has 3 saturated heterocycles. The molecule has 3 rings (SSSR count). The van der Waals surface area contributed by atoms with E-state index in [9.17, 15) is 10.2 Å². The Labute approximate surface area is 242 Å². The SMILES string of the molecule is CCCCCCCCCCCCCCC1OC(C)(C)O[C@H]1[C@@H](C)CCS[C@@H]1OC2COC(C)O[C@@H]2C(O)[C@@H]1O. The van der Waals surface area contributed by atoms with Crippen molar-refractivity contribution in [2.45, 2.75) is 179 Å². The van der Waals surface area contributed by atoms with Gasteiger partial charge in [0.05, 0.1) is 18.8 Å². The lowest BCUT2D eigenvalue weighted by Gasteiger charge is -2.45. The first-order valence-electron chi connectivity index (χ1n) is 16.0. The fourth-order valence-corrected chi connectivity index (χ4v) is 7.45.